The quantitative estimate of drug-likeness (QED) is 0.519. The number of unbranched alkanes of at least 4 members (excludes halogenated alkanes) is 3. The smallest absolute Gasteiger partial charge is 0.255 e. The van der Waals surface area contributed by atoms with Gasteiger partial charge in [0.05, 0.1) is 26.4 Å². The number of hydrogen-bond acceptors (Lipinski definition) is 4. The monoisotopic (exact) mass is 405 g/mol. The first-order valence-electron chi connectivity index (χ1n) is 9.51. The summed E-state index contributed by atoms with van der Waals surface area (Å²) in [7, 11) is 3.11. The molecule has 1 amide bonds. The zero-order valence-electron chi connectivity index (χ0n) is 16.7. The second-order valence-electron chi connectivity index (χ2n) is 6.39. The van der Waals surface area contributed by atoms with Gasteiger partial charge < -0.3 is 19.5 Å². The van der Waals surface area contributed by atoms with Crippen LogP contribution < -0.4 is 19.5 Å². The van der Waals surface area contributed by atoms with E-state index in [4.69, 9.17) is 25.8 Å². The van der Waals surface area contributed by atoms with Gasteiger partial charge in [-0.15, -0.1) is 0 Å². The van der Waals surface area contributed by atoms with E-state index in [-0.39, 0.29) is 12.5 Å². The lowest BCUT2D eigenvalue weighted by atomic mass is 10.1. The third-order valence-corrected chi connectivity index (χ3v) is 4.73. The molecule has 0 fully saturated rings. The number of carbonyl (C=O) groups excluding carboxylic acids is 1. The first-order valence-corrected chi connectivity index (χ1v) is 9.88. The first-order chi connectivity index (χ1) is 13.6. The molecule has 0 atom stereocenters. The maximum absolute atomic E-state index is 12.7. The van der Waals surface area contributed by atoms with Gasteiger partial charge in [-0.3, -0.25) is 4.79 Å². The molecule has 2 aromatic rings. The van der Waals surface area contributed by atoms with Crippen molar-refractivity contribution in [1.29, 1.82) is 0 Å². The minimum absolute atomic E-state index is 0.213. The predicted octanol–water partition coefficient (Wildman–Crippen LogP) is 5.25. The normalized spacial score (nSPS) is 10.4. The largest absolute Gasteiger partial charge is 0.493 e. The van der Waals surface area contributed by atoms with Crippen molar-refractivity contribution in [2.24, 2.45) is 0 Å². The molecule has 5 nitrogen and oxygen atoms in total. The number of para-hydroxylation sites is 1. The van der Waals surface area contributed by atoms with Crippen LogP contribution in [0.4, 0.5) is 0 Å². The lowest BCUT2D eigenvalue weighted by Gasteiger charge is -2.14. The molecule has 152 valence electrons. The molecule has 0 radical (unpaired) electrons. The number of halogens is 1. The Labute approximate surface area is 171 Å². The van der Waals surface area contributed by atoms with E-state index in [1.165, 1.54) is 12.8 Å². The topological polar surface area (TPSA) is 56.8 Å². The average molecular weight is 406 g/mol. The van der Waals surface area contributed by atoms with Crippen LogP contribution in [0.15, 0.2) is 36.4 Å². The summed E-state index contributed by atoms with van der Waals surface area (Å²) in [5.41, 5.74) is 1.25. The molecule has 0 aliphatic rings. The summed E-state index contributed by atoms with van der Waals surface area (Å²) in [4.78, 5) is 12.7. The molecule has 0 aliphatic carbocycles. The Kier molecular flexibility index (Phi) is 8.95. The van der Waals surface area contributed by atoms with Crippen LogP contribution in [0.1, 0.15) is 48.5 Å². The van der Waals surface area contributed by atoms with Crippen LogP contribution in [0.3, 0.4) is 0 Å². The first kappa shape index (κ1) is 21.9. The van der Waals surface area contributed by atoms with Crippen LogP contribution >= 0.6 is 11.6 Å². The molecule has 0 saturated carbocycles. The Balaban J connectivity index is 2.02. The molecule has 0 saturated heterocycles. The van der Waals surface area contributed by atoms with Gasteiger partial charge in [-0.2, -0.15) is 0 Å². The third kappa shape index (κ3) is 6.06. The summed E-state index contributed by atoms with van der Waals surface area (Å²) in [6.45, 7) is 3.04. The molecule has 0 unspecified atom stereocenters. The van der Waals surface area contributed by atoms with Gasteiger partial charge in [0.1, 0.15) is 5.75 Å². The van der Waals surface area contributed by atoms with E-state index in [2.05, 4.69) is 12.2 Å². The maximum Gasteiger partial charge on any atom is 0.255 e. The standard InChI is InChI=1S/C22H28ClNO4/c1-4-5-6-9-12-28-19-11-8-7-10-17(19)22(25)24-15-16-13-20(26-2)21(27-3)14-18(16)23/h7-8,10-11,13-14H,4-6,9,12,15H2,1-3H3,(H,24,25). The SMILES string of the molecule is CCCCCCOc1ccccc1C(=O)NCc1cc(OC)c(OC)cc1Cl. The molecule has 0 aromatic heterocycles. The highest BCUT2D eigenvalue weighted by Crippen LogP contribution is 2.33. The third-order valence-electron chi connectivity index (χ3n) is 4.38. The molecule has 28 heavy (non-hydrogen) atoms. The van der Waals surface area contributed by atoms with Crippen molar-refractivity contribution in [2.75, 3.05) is 20.8 Å². The number of ether oxygens (including phenoxy) is 3. The highest BCUT2D eigenvalue weighted by molar-refractivity contribution is 6.31. The number of benzene rings is 2. The number of methoxy groups -OCH3 is 2. The molecule has 2 rings (SSSR count). The number of carbonyl (C=O) groups is 1. The highest BCUT2D eigenvalue weighted by atomic mass is 35.5. The van der Waals surface area contributed by atoms with Crippen molar-refractivity contribution in [3.63, 3.8) is 0 Å². The summed E-state index contributed by atoms with van der Waals surface area (Å²) in [6, 6.07) is 10.7. The van der Waals surface area contributed by atoms with E-state index >= 15 is 0 Å². The van der Waals surface area contributed by atoms with Crippen LogP contribution in [-0.2, 0) is 6.54 Å². The van der Waals surface area contributed by atoms with Gasteiger partial charge in [-0.1, -0.05) is 49.9 Å². The Morgan fingerprint density at radius 3 is 2.43 bits per heavy atom. The lowest BCUT2D eigenvalue weighted by molar-refractivity contribution is 0.0946. The second-order valence-corrected chi connectivity index (χ2v) is 6.79. The maximum atomic E-state index is 12.7. The van der Waals surface area contributed by atoms with Crippen molar-refractivity contribution in [3.05, 3.63) is 52.5 Å². The molecular formula is C22H28ClNO4. The second kappa shape index (κ2) is 11.4. The summed E-state index contributed by atoms with van der Waals surface area (Å²) in [6.07, 6.45) is 4.48. The predicted molar refractivity (Wildman–Crippen MR) is 112 cm³/mol. The van der Waals surface area contributed by atoms with Crippen molar-refractivity contribution in [2.45, 2.75) is 39.2 Å². The van der Waals surface area contributed by atoms with E-state index in [1.807, 2.05) is 18.2 Å². The van der Waals surface area contributed by atoms with Gasteiger partial charge in [0.2, 0.25) is 0 Å². The molecule has 0 spiro atoms. The summed E-state index contributed by atoms with van der Waals surface area (Å²) >= 11 is 6.30. The Hall–Kier alpha value is -2.40. The van der Waals surface area contributed by atoms with Crippen molar-refractivity contribution in [1.82, 2.24) is 5.32 Å². The molecule has 0 aliphatic heterocycles. The van der Waals surface area contributed by atoms with E-state index < -0.39 is 0 Å². The minimum atomic E-state index is -0.213. The number of hydrogen-bond donors (Lipinski definition) is 1. The zero-order valence-corrected chi connectivity index (χ0v) is 17.5. The van der Waals surface area contributed by atoms with Gasteiger partial charge in [-0.25, -0.2) is 0 Å². The van der Waals surface area contributed by atoms with Crippen molar-refractivity contribution >= 4 is 17.5 Å². The van der Waals surface area contributed by atoms with E-state index in [1.54, 1.807) is 32.4 Å². The number of amides is 1. The van der Waals surface area contributed by atoms with Gasteiger partial charge in [0.15, 0.2) is 11.5 Å². The molecule has 0 bridgehead atoms. The van der Waals surface area contributed by atoms with Crippen LogP contribution in [0.2, 0.25) is 5.02 Å². The Bertz CT molecular complexity index is 779. The van der Waals surface area contributed by atoms with Gasteiger partial charge in [0, 0.05) is 17.6 Å². The van der Waals surface area contributed by atoms with Gasteiger partial charge in [0.25, 0.3) is 5.91 Å². The molecule has 6 heteroatoms. The van der Waals surface area contributed by atoms with Gasteiger partial charge >= 0.3 is 0 Å². The molecule has 0 heterocycles. The van der Waals surface area contributed by atoms with Crippen molar-refractivity contribution < 1.29 is 19.0 Å². The Morgan fingerprint density at radius 1 is 1.00 bits per heavy atom. The fraction of sp³-hybridized carbons (Fsp3) is 0.409. The highest BCUT2D eigenvalue weighted by Gasteiger charge is 2.14. The van der Waals surface area contributed by atoms with Crippen LogP contribution in [0.25, 0.3) is 0 Å². The van der Waals surface area contributed by atoms with E-state index in [0.717, 1.165) is 18.4 Å². The minimum Gasteiger partial charge on any atom is -0.493 e. The Morgan fingerprint density at radius 2 is 1.71 bits per heavy atom. The van der Waals surface area contributed by atoms with E-state index in [0.29, 0.717) is 34.4 Å². The van der Waals surface area contributed by atoms with Gasteiger partial charge in [-0.05, 0) is 30.2 Å². The number of nitrogens with one attached hydrogen (secondary N) is 1. The summed E-state index contributed by atoms with van der Waals surface area (Å²) in [5, 5.41) is 3.39. The van der Waals surface area contributed by atoms with Crippen molar-refractivity contribution in [3.8, 4) is 17.2 Å². The van der Waals surface area contributed by atoms with Crippen LogP contribution in [0.5, 0.6) is 17.2 Å². The molecule has 1 N–H and O–H groups in total. The molecular weight excluding hydrogens is 378 g/mol. The zero-order chi connectivity index (χ0) is 20.4. The summed E-state index contributed by atoms with van der Waals surface area (Å²) < 4.78 is 16.4. The average Bonchev–Trinajstić information content (AvgIpc) is 2.72. The van der Waals surface area contributed by atoms with Crippen LogP contribution in [-0.4, -0.2) is 26.7 Å². The fourth-order valence-corrected chi connectivity index (χ4v) is 3.01. The number of rotatable bonds is 11. The molecule has 2 aromatic carbocycles. The van der Waals surface area contributed by atoms with E-state index in [9.17, 15) is 4.79 Å². The van der Waals surface area contributed by atoms with Crippen LogP contribution in [0, 0.1) is 0 Å². The lowest BCUT2D eigenvalue weighted by Crippen LogP contribution is -2.23. The summed E-state index contributed by atoms with van der Waals surface area (Å²) in [5.74, 6) is 1.49. The fourth-order valence-electron chi connectivity index (χ4n) is 2.79.